The first-order valence-electron chi connectivity index (χ1n) is 8.65. The zero-order valence-corrected chi connectivity index (χ0v) is 17.6. The second-order valence-corrected chi connectivity index (χ2v) is 8.63. The molecular formula is C19H21BrN2O4S. The quantitative estimate of drug-likeness (QED) is 0.729. The van der Waals surface area contributed by atoms with Gasteiger partial charge in [-0.1, -0.05) is 0 Å². The number of piperidine rings is 1. The number of carbonyl (C=O) groups is 2. The van der Waals surface area contributed by atoms with Crippen LogP contribution in [0.25, 0.3) is 0 Å². The number of anilines is 1. The number of amides is 2. The summed E-state index contributed by atoms with van der Waals surface area (Å²) in [7, 11) is 3.04. The smallest absolute Gasteiger partial charge is 0.265 e. The van der Waals surface area contributed by atoms with Gasteiger partial charge in [0.1, 0.15) is 0 Å². The number of thiophene rings is 1. The number of likely N-dealkylation sites (tertiary alicyclic amines) is 1. The number of halogens is 1. The molecule has 1 aromatic heterocycles. The lowest BCUT2D eigenvalue weighted by molar-refractivity contribution is 0.0725. The van der Waals surface area contributed by atoms with Crippen molar-refractivity contribution in [3.05, 3.63) is 38.5 Å². The molecule has 144 valence electrons. The molecule has 0 atom stereocenters. The number of benzene rings is 1. The number of hydrogen-bond donors (Lipinski definition) is 1. The summed E-state index contributed by atoms with van der Waals surface area (Å²) in [6.07, 6.45) is 3.11. The van der Waals surface area contributed by atoms with E-state index < -0.39 is 0 Å². The molecule has 2 amide bonds. The average Bonchev–Trinajstić information content (AvgIpc) is 3.14. The molecule has 0 unspecified atom stereocenters. The summed E-state index contributed by atoms with van der Waals surface area (Å²) in [5, 5.41) is 2.85. The minimum Gasteiger partial charge on any atom is -0.493 e. The van der Waals surface area contributed by atoms with Crippen LogP contribution >= 0.6 is 27.3 Å². The van der Waals surface area contributed by atoms with Crippen LogP contribution in [0.5, 0.6) is 11.5 Å². The Balaban J connectivity index is 1.96. The Kier molecular flexibility index (Phi) is 6.38. The first-order valence-corrected chi connectivity index (χ1v) is 10.3. The summed E-state index contributed by atoms with van der Waals surface area (Å²) in [5.41, 5.74) is 0.816. The summed E-state index contributed by atoms with van der Waals surface area (Å²) in [5.74, 6) is 0.522. The zero-order valence-electron chi connectivity index (χ0n) is 15.2. The van der Waals surface area contributed by atoms with Gasteiger partial charge in [0.15, 0.2) is 11.5 Å². The van der Waals surface area contributed by atoms with Crippen molar-refractivity contribution in [2.75, 3.05) is 32.6 Å². The van der Waals surface area contributed by atoms with E-state index in [0.29, 0.717) is 27.6 Å². The predicted octanol–water partition coefficient (Wildman–Crippen LogP) is 4.41. The number of hydrogen-bond acceptors (Lipinski definition) is 5. The number of nitrogens with zero attached hydrogens (tertiary/aromatic N) is 1. The lowest BCUT2D eigenvalue weighted by atomic mass is 10.1. The number of carbonyl (C=O) groups excluding carboxylic acids is 2. The van der Waals surface area contributed by atoms with Gasteiger partial charge in [0, 0.05) is 19.2 Å². The van der Waals surface area contributed by atoms with Gasteiger partial charge in [0.25, 0.3) is 11.8 Å². The molecule has 1 saturated heterocycles. The lowest BCUT2D eigenvalue weighted by Crippen LogP contribution is -2.36. The summed E-state index contributed by atoms with van der Waals surface area (Å²) >= 11 is 4.69. The largest absolute Gasteiger partial charge is 0.493 e. The number of ether oxygens (including phenoxy) is 2. The summed E-state index contributed by atoms with van der Waals surface area (Å²) < 4.78 is 11.6. The van der Waals surface area contributed by atoms with Crippen LogP contribution in [-0.4, -0.2) is 44.0 Å². The van der Waals surface area contributed by atoms with E-state index >= 15 is 0 Å². The fourth-order valence-electron chi connectivity index (χ4n) is 3.05. The molecule has 1 N–H and O–H groups in total. The van der Waals surface area contributed by atoms with E-state index in [1.807, 2.05) is 11.0 Å². The Labute approximate surface area is 170 Å². The minimum atomic E-state index is -0.273. The Morgan fingerprint density at radius 3 is 2.33 bits per heavy atom. The van der Waals surface area contributed by atoms with Crippen molar-refractivity contribution in [1.82, 2.24) is 4.90 Å². The topological polar surface area (TPSA) is 67.9 Å². The van der Waals surface area contributed by atoms with Crippen molar-refractivity contribution in [3.63, 3.8) is 0 Å². The summed E-state index contributed by atoms with van der Waals surface area (Å²) in [6.45, 7) is 1.44. The van der Waals surface area contributed by atoms with Crippen LogP contribution in [0.2, 0.25) is 0 Å². The maximum absolute atomic E-state index is 13.1. The van der Waals surface area contributed by atoms with Gasteiger partial charge in [-0.05, 0) is 53.4 Å². The highest BCUT2D eigenvalue weighted by molar-refractivity contribution is 9.11. The second kappa shape index (κ2) is 8.75. The average molecular weight is 453 g/mol. The van der Waals surface area contributed by atoms with Crippen LogP contribution in [0, 0.1) is 0 Å². The molecule has 0 aliphatic carbocycles. The van der Waals surface area contributed by atoms with E-state index in [9.17, 15) is 9.59 Å². The van der Waals surface area contributed by atoms with E-state index in [4.69, 9.17) is 9.47 Å². The molecule has 2 aromatic rings. The van der Waals surface area contributed by atoms with Gasteiger partial charge in [-0.25, -0.2) is 0 Å². The highest BCUT2D eigenvalue weighted by atomic mass is 79.9. The third-order valence-corrected chi connectivity index (χ3v) is 6.07. The third kappa shape index (κ3) is 4.44. The van der Waals surface area contributed by atoms with Crippen molar-refractivity contribution >= 4 is 44.8 Å². The van der Waals surface area contributed by atoms with Gasteiger partial charge in [-0.3, -0.25) is 9.59 Å². The number of nitrogens with one attached hydrogen (secondary N) is 1. The van der Waals surface area contributed by atoms with Crippen LogP contribution in [0.1, 0.15) is 39.3 Å². The van der Waals surface area contributed by atoms with Crippen LogP contribution < -0.4 is 14.8 Å². The standard InChI is InChI=1S/C19H21BrN2O4S/c1-25-14-10-12(19(24)22-8-4-3-5-9-22)13(11-15(14)26-2)21-18(23)16-6-7-17(20)27-16/h6-7,10-11H,3-5,8-9H2,1-2H3,(H,21,23). The number of methoxy groups -OCH3 is 2. The van der Waals surface area contributed by atoms with Crippen molar-refractivity contribution in [3.8, 4) is 11.5 Å². The molecule has 1 fully saturated rings. The van der Waals surface area contributed by atoms with E-state index in [0.717, 1.165) is 36.1 Å². The molecule has 2 heterocycles. The van der Waals surface area contributed by atoms with Gasteiger partial charge in [0.2, 0.25) is 0 Å². The van der Waals surface area contributed by atoms with Gasteiger partial charge in [-0.15, -0.1) is 11.3 Å². The molecule has 0 saturated carbocycles. The monoisotopic (exact) mass is 452 g/mol. The Hall–Kier alpha value is -2.06. The van der Waals surface area contributed by atoms with Crippen molar-refractivity contribution in [2.24, 2.45) is 0 Å². The van der Waals surface area contributed by atoms with E-state index in [-0.39, 0.29) is 11.8 Å². The van der Waals surface area contributed by atoms with Gasteiger partial charge >= 0.3 is 0 Å². The van der Waals surface area contributed by atoms with Crippen LogP contribution in [0.15, 0.2) is 28.1 Å². The molecule has 0 spiro atoms. The highest BCUT2D eigenvalue weighted by Crippen LogP contribution is 2.35. The predicted molar refractivity (Wildman–Crippen MR) is 109 cm³/mol. The molecule has 1 aromatic carbocycles. The van der Waals surface area contributed by atoms with E-state index in [1.165, 1.54) is 25.6 Å². The van der Waals surface area contributed by atoms with Crippen LogP contribution in [0.4, 0.5) is 5.69 Å². The summed E-state index contributed by atoms with van der Waals surface area (Å²) in [4.78, 5) is 28.1. The number of rotatable bonds is 5. The Bertz CT molecular complexity index is 846. The molecular weight excluding hydrogens is 432 g/mol. The molecule has 1 aliphatic heterocycles. The highest BCUT2D eigenvalue weighted by Gasteiger charge is 2.24. The Morgan fingerprint density at radius 1 is 1.07 bits per heavy atom. The molecule has 6 nitrogen and oxygen atoms in total. The van der Waals surface area contributed by atoms with E-state index in [2.05, 4.69) is 21.2 Å². The van der Waals surface area contributed by atoms with Gasteiger partial charge in [-0.2, -0.15) is 0 Å². The first-order chi connectivity index (χ1) is 13.0. The molecule has 0 radical (unpaired) electrons. The maximum Gasteiger partial charge on any atom is 0.265 e. The molecule has 0 bridgehead atoms. The molecule has 8 heteroatoms. The minimum absolute atomic E-state index is 0.113. The normalized spacial score (nSPS) is 14.0. The first kappa shape index (κ1) is 19.7. The van der Waals surface area contributed by atoms with Crippen molar-refractivity contribution in [1.29, 1.82) is 0 Å². The Morgan fingerprint density at radius 2 is 1.74 bits per heavy atom. The van der Waals surface area contributed by atoms with Crippen molar-refractivity contribution < 1.29 is 19.1 Å². The molecule has 3 rings (SSSR count). The van der Waals surface area contributed by atoms with Gasteiger partial charge in [0.05, 0.1) is 34.1 Å². The maximum atomic E-state index is 13.1. The van der Waals surface area contributed by atoms with Crippen LogP contribution in [0.3, 0.4) is 0 Å². The third-order valence-electron chi connectivity index (χ3n) is 4.44. The van der Waals surface area contributed by atoms with E-state index in [1.54, 1.807) is 18.2 Å². The summed E-state index contributed by atoms with van der Waals surface area (Å²) in [6, 6.07) is 6.82. The van der Waals surface area contributed by atoms with Crippen molar-refractivity contribution in [2.45, 2.75) is 19.3 Å². The fourth-order valence-corrected chi connectivity index (χ4v) is 4.33. The molecule has 27 heavy (non-hydrogen) atoms. The zero-order chi connectivity index (χ0) is 19.4. The fraction of sp³-hybridized carbons (Fsp3) is 0.368. The lowest BCUT2D eigenvalue weighted by Gasteiger charge is -2.28. The molecule has 1 aliphatic rings. The van der Waals surface area contributed by atoms with Gasteiger partial charge < -0.3 is 19.7 Å². The van der Waals surface area contributed by atoms with Crippen LogP contribution in [-0.2, 0) is 0 Å². The SMILES string of the molecule is COc1cc(NC(=O)c2ccc(Br)s2)c(C(=O)N2CCCCC2)cc1OC. The second-order valence-electron chi connectivity index (χ2n) is 6.16.